The molecule has 106 valence electrons. The molecule has 8 heteroatoms. The van der Waals surface area contributed by atoms with Crippen molar-refractivity contribution in [3.05, 3.63) is 29.3 Å². The monoisotopic (exact) mass is 285 g/mol. The summed E-state index contributed by atoms with van der Waals surface area (Å²) in [5.41, 5.74) is -0.674. The maximum atomic E-state index is 12.5. The molecule has 2 amide bonds. The number of nitriles is 1. The van der Waals surface area contributed by atoms with E-state index in [0.29, 0.717) is 5.56 Å². The smallest absolute Gasteiger partial charge is 0.335 e. The van der Waals surface area contributed by atoms with Gasteiger partial charge in [-0.3, -0.25) is 9.59 Å². The van der Waals surface area contributed by atoms with Crippen LogP contribution in [0.1, 0.15) is 11.1 Å². The predicted molar refractivity (Wildman–Crippen MR) is 63.4 cm³/mol. The van der Waals surface area contributed by atoms with Crippen LogP contribution in [0, 0.1) is 18.3 Å². The number of halogens is 3. The van der Waals surface area contributed by atoms with Crippen LogP contribution >= 0.6 is 0 Å². The lowest BCUT2D eigenvalue weighted by molar-refractivity contribution is -0.137. The van der Waals surface area contributed by atoms with E-state index in [-0.39, 0.29) is 12.2 Å². The third kappa shape index (κ3) is 3.98. The zero-order valence-corrected chi connectivity index (χ0v) is 10.3. The summed E-state index contributed by atoms with van der Waals surface area (Å²) >= 11 is 0. The highest BCUT2D eigenvalue weighted by Gasteiger charge is 2.31. The molecule has 0 bridgehead atoms. The SMILES string of the molecule is Cc1ccc(C(F)(F)F)cc1NC(=O)C(=O)NCC#N. The van der Waals surface area contributed by atoms with Crippen LogP contribution in [0.25, 0.3) is 0 Å². The van der Waals surface area contributed by atoms with Gasteiger partial charge in [-0.2, -0.15) is 18.4 Å². The fraction of sp³-hybridized carbons (Fsp3) is 0.250. The van der Waals surface area contributed by atoms with Gasteiger partial charge in [0.25, 0.3) is 0 Å². The van der Waals surface area contributed by atoms with Crippen molar-refractivity contribution < 1.29 is 22.8 Å². The molecule has 1 aromatic rings. The summed E-state index contributed by atoms with van der Waals surface area (Å²) in [5.74, 6) is -2.23. The molecular weight excluding hydrogens is 275 g/mol. The molecule has 0 radical (unpaired) electrons. The highest BCUT2D eigenvalue weighted by molar-refractivity contribution is 6.39. The first-order chi connectivity index (χ1) is 9.25. The molecule has 0 aromatic heterocycles. The topological polar surface area (TPSA) is 82.0 Å². The number of hydrogen-bond donors (Lipinski definition) is 2. The average molecular weight is 285 g/mol. The Kier molecular flexibility index (Phi) is 4.69. The maximum Gasteiger partial charge on any atom is 0.416 e. The van der Waals surface area contributed by atoms with Crippen LogP contribution in [0.2, 0.25) is 0 Å². The van der Waals surface area contributed by atoms with Crippen LogP contribution in [0.5, 0.6) is 0 Å². The van der Waals surface area contributed by atoms with Crippen molar-refractivity contribution in [2.24, 2.45) is 0 Å². The molecule has 20 heavy (non-hydrogen) atoms. The molecule has 0 unspecified atom stereocenters. The van der Waals surface area contributed by atoms with Gasteiger partial charge in [0.15, 0.2) is 0 Å². The van der Waals surface area contributed by atoms with Gasteiger partial charge in [0.2, 0.25) is 0 Å². The molecule has 0 aliphatic rings. The Balaban J connectivity index is 2.90. The first-order valence-electron chi connectivity index (χ1n) is 5.39. The molecular formula is C12H10F3N3O2. The van der Waals surface area contributed by atoms with Crippen LogP contribution in [0.4, 0.5) is 18.9 Å². The summed E-state index contributed by atoms with van der Waals surface area (Å²) in [5, 5.41) is 12.3. The van der Waals surface area contributed by atoms with E-state index in [0.717, 1.165) is 12.1 Å². The number of rotatable bonds is 2. The number of nitrogens with one attached hydrogen (secondary N) is 2. The lowest BCUT2D eigenvalue weighted by atomic mass is 10.1. The molecule has 1 aromatic carbocycles. The first kappa shape index (κ1) is 15.5. The summed E-state index contributed by atoms with van der Waals surface area (Å²) in [7, 11) is 0. The van der Waals surface area contributed by atoms with E-state index in [9.17, 15) is 22.8 Å². The van der Waals surface area contributed by atoms with Crippen molar-refractivity contribution in [1.29, 1.82) is 5.26 Å². The summed E-state index contributed by atoms with van der Waals surface area (Å²) in [4.78, 5) is 22.6. The number of benzene rings is 1. The molecule has 0 saturated heterocycles. The van der Waals surface area contributed by atoms with E-state index < -0.39 is 23.6 Å². The van der Waals surface area contributed by atoms with Gasteiger partial charge >= 0.3 is 18.0 Å². The fourth-order valence-corrected chi connectivity index (χ4v) is 1.31. The van der Waals surface area contributed by atoms with Gasteiger partial charge in [-0.15, -0.1) is 0 Å². The molecule has 1 rings (SSSR count). The molecule has 0 aliphatic heterocycles. The van der Waals surface area contributed by atoms with Gasteiger partial charge in [-0.25, -0.2) is 0 Å². The van der Waals surface area contributed by atoms with Crippen LogP contribution in [-0.4, -0.2) is 18.4 Å². The number of anilines is 1. The third-order valence-electron chi connectivity index (χ3n) is 2.35. The summed E-state index contributed by atoms with van der Waals surface area (Å²) in [6.45, 7) is 1.12. The van der Waals surface area contributed by atoms with Gasteiger partial charge in [-0.1, -0.05) is 6.07 Å². The molecule has 0 spiro atoms. The standard InChI is InChI=1S/C12H10F3N3O2/c1-7-2-3-8(12(13,14)15)6-9(7)18-11(20)10(19)17-5-4-16/h2-3,6H,5H2,1H3,(H,17,19)(H,18,20). The van der Waals surface area contributed by atoms with Crippen LogP contribution < -0.4 is 10.6 Å². The number of carbonyl (C=O) groups is 2. The van der Waals surface area contributed by atoms with E-state index in [4.69, 9.17) is 5.26 Å². The minimum absolute atomic E-state index is 0.114. The van der Waals surface area contributed by atoms with Crippen molar-refractivity contribution >= 4 is 17.5 Å². The van der Waals surface area contributed by atoms with Crippen molar-refractivity contribution in [1.82, 2.24) is 5.32 Å². The lowest BCUT2D eigenvalue weighted by Crippen LogP contribution is -2.35. The second-order valence-electron chi connectivity index (χ2n) is 3.82. The Morgan fingerprint density at radius 3 is 2.50 bits per heavy atom. The van der Waals surface area contributed by atoms with Crippen molar-refractivity contribution in [2.45, 2.75) is 13.1 Å². The van der Waals surface area contributed by atoms with Gasteiger partial charge in [0.05, 0.1) is 11.6 Å². The van der Waals surface area contributed by atoms with E-state index in [1.165, 1.54) is 13.0 Å². The van der Waals surface area contributed by atoms with Gasteiger partial charge in [0.1, 0.15) is 6.54 Å². The fourth-order valence-electron chi connectivity index (χ4n) is 1.31. The Morgan fingerprint density at radius 1 is 1.30 bits per heavy atom. The third-order valence-corrected chi connectivity index (χ3v) is 2.35. The van der Waals surface area contributed by atoms with Crippen LogP contribution in [-0.2, 0) is 15.8 Å². The normalized spacial score (nSPS) is 10.6. The van der Waals surface area contributed by atoms with Crippen LogP contribution in [0.3, 0.4) is 0 Å². The quantitative estimate of drug-likeness (QED) is 0.639. The van der Waals surface area contributed by atoms with Gasteiger partial charge in [-0.05, 0) is 24.6 Å². The van der Waals surface area contributed by atoms with E-state index in [1.807, 2.05) is 5.32 Å². The number of hydrogen-bond acceptors (Lipinski definition) is 3. The largest absolute Gasteiger partial charge is 0.416 e. The zero-order chi connectivity index (χ0) is 15.3. The van der Waals surface area contributed by atoms with Crippen molar-refractivity contribution in [2.75, 3.05) is 11.9 Å². The number of amides is 2. The van der Waals surface area contributed by atoms with Crippen LogP contribution in [0.15, 0.2) is 18.2 Å². The summed E-state index contributed by atoms with van der Waals surface area (Å²) < 4.78 is 37.6. The highest BCUT2D eigenvalue weighted by Crippen LogP contribution is 2.31. The molecule has 0 saturated carbocycles. The van der Waals surface area contributed by atoms with E-state index in [1.54, 1.807) is 6.07 Å². The highest BCUT2D eigenvalue weighted by atomic mass is 19.4. The second kappa shape index (κ2) is 6.06. The Hall–Kier alpha value is -2.56. The van der Waals surface area contributed by atoms with Gasteiger partial charge in [0, 0.05) is 5.69 Å². The number of nitrogens with zero attached hydrogens (tertiary/aromatic N) is 1. The lowest BCUT2D eigenvalue weighted by Gasteiger charge is -2.12. The maximum absolute atomic E-state index is 12.5. The minimum Gasteiger partial charge on any atom is -0.335 e. The van der Waals surface area contributed by atoms with E-state index in [2.05, 4.69) is 5.32 Å². The number of alkyl halides is 3. The van der Waals surface area contributed by atoms with Gasteiger partial charge < -0.3 is 10.6 Å². The minimum atomic E-state index is -4.55. The summed E-state index contributed by atoms with van der Waals surface area (Å²) in [6.07, 6.45) is -4.55. The average Bonchev–Trinajstić information content (AvgIpc) is 2.37. The predicted octanol–water partition coefficient (Wildman–Crippen LogP) is 1.59. The Bertz CT molecular complexity index is 576. The molecule has 0 aliphatic carbocycles. The number of carbonyl (C=O) groups excluding carboxylic acids is 2. The Morgan fingerprint density at radius 2 is 1.95 bits per heavy atom. The molecule has 0 fully saturated rings. The first-order valence-corrected chi connectivity index (χ1v) is 5.39. The number of aryl methyl sites for hydroxylation is 1. The molecule has 2 N–H and O–H groups in total. The van der Waals surface area contributed by atoms with E-state index >= 15 is 0 Å². The molecule has 0 atom stereocenters. The molecule has 5 nitrogen and oxygen atoms in total. The van der Waals surface area contributed by atoms with Crippen molar-refractivity contribution in [3.63, 3.8) is 0 Å². The Labute approximate surface area is 112 Å². The molecule has 0 heterocycles. The second-order valence-corrected chi connectivity index (χ2v) is 3.82. The summed E-state index contributed by atoms with van der Waals surface area (Å²) in [6, 6.07) is 4.40. The van der Waals surface area contributed by atoms with Crippen molar-refractivity contribution in [3.8, 4) is 6.07 Å². The zero-order valence-electron chi connectivity index (χ0n) is 10.3.